The van der Waals surface area contributed by atoms with Crippen LogP contribution in [-0.4, -0.2) is 40.0 Å². The number of hydrogen-bond acceptors (Lipinski definition) is 7. The van der Waals surface area contributed by atoms with Crippen LogP contribution in [0, 0.1) is 22.7 Å². The van der Waals surface area contributed by atoms with Gasteiger partial charge in [0.05, 0.1) is 24.5 Å². The zero-order valence-electron chi connectivity index (χ0n) is 15.1. The lowest BCUT2D eigenvalue weighted by Crippen LogP contribution is -2.76. The normalized spacial score (nSPS) is 50.6. The van der Waals surface area contributed by atoms with Crippen molar-refractivity contribution in [3.05, 3.63) is 36.3 Å². The minimum atomic E-state index is -1.91. The van der Waals surface area contributed by atoms with Gasteiger partial charge >= 0.3 is 11.9 Å². The summed E-state index contributed by atoms with van der Waals surface area (Å²) in [4.78, 5) is 25.3. The number of rotatable bonds is 1. The van der Waals surface area contributed by atoms with E-state index in [1.807, 2.05) is 6.92 Å². The highest BCUT2D eigenvalue weighted by molar-refractivity contribution is 5.86. The first-order chi connectivity index (χ1) is 12.7. The van der Waals surface area contributed by atoms with Crippen LogP contribution in [0.1, 0.15) is 38.4 Å². The number of furan rings is 1. The highest BCUT2D eigenvalue weighted by Gasteiger charge is 2.75. The number of hydrogen-bond donors (Lipinski definition) is 2. The van der Waals surface area contributed by atoms with Crippen molar-refractivity contribution < 1.29 is 33.7 Å². The molecule has 8 atom stereocenters. The maximum absolute atomic E-state index is 12.9. The van der Waals surface area contributed by atoms with Gasteiger partial charge in [-0.05, 0) is 36.5 Å². The van der Waals surface area contributed by atoms with Crippen LogP contribution in [0.3, 0.4) is 0 Å². The number of ether oxygens (including phenoxy) is 2. The van der Waals surface area contributed by atoms with Crippen LogP contribution in [0.4, 0.5) is 0 Å². The average molecular weight is 374 g/mol. The molecule has 2 bridgehead atoms. The van der Waals surface area contributed by atoms with E-state index in [4.69, 9.17) is 13.9 Å². The highest BCUT2D eigenvalue weighted by atomic mass is 16.6. The molecule has 0 radical (unpaired) electrons. The second-order valence-electron chi connectivity index (χ2n) is 8.75. The van der Waals surface area contributed by atoms with E-state index in [1.54, 1.807) is 25.3 Å². The third-order valence-corrected chi connectivity index (χ3v) is 7.62. The number of cyclic esters (lactones) is 1. The van der Waals surface area contributed by atoms with Gasteiger partial charge in [0.15, 0.2) is 5.60 Å². The Hall–Kier alpha value is -2.12. The van der Waals surface area contributed by atoms with Crippen LogP contribution in [0.5, 0.6) is 0 Å². The van der Waals surface area contributed by atoms with Gasteiger partial charge in [-0.1, -0.05) is 13.8 Å². The highest BCUT2D eigenvalue weighted by Crippen LogP contribution is 2.67. The molecule has 0 amide bonds. The minimum Gasteiger partial charge on any atom is -0.472 e. The van der Waals surface area contributed by atoms with Gasteiger partial charge in [0.25, 0.3) is 0 Å². The van der Waals surface area contributed by atoms with Gasteiger partial charge in [-0.25, -0.2) is 4.79 Å². The van der Waals surface area contributed by atoms with Gasteiger partial charge in [0.1, 0.15) is 12.2 Å². The topological polar surface area (TPSA) is 106 Å². The molecule has 7 nitrogen and oxygen atoms in total. The third-order valence-electron chi connectivity index (χ3n) is 7.62. The van der Waals surface area contributed by atoms with Gasteiger partial charge in [0, 0.05) is 16.9 Å². The molecule has 1 aromatic heterocycles. The Morgan fingerprint density at radius 3 is 2.67 bits per heavy atom. The van der Waals surface area contributed by atoms with Crippen molar-refractivity contribution in [3.8, 4) is 0 Å². The van der Waals surface area contributed by atoms with E-state index in [0.717, 1.165) is 5.56 Å². The van der Waals surface area contributed by atoms with E-state index in [2.05, 4.69) is 0 Å². The Morgan fingerprint density at radius 1 is 1.22 bits per heavy atom. The molecule has 1 aromatic rings. The number of esters is 2. The van der Waals surface area contributed by atoms with E-state index >= 15 is 0 Å². The number of aliphatic hydroxyl groups excluding tert-OH is 1. The lowest BCUT2D eigenvalue weighted by atomic mass is 9.41. The smallest absolute Gasteiger partial charge is 0.343 e. The Bertz CT molecular complexity index is 845. The largest absolute Gasteiger partial charge is 0.472 e. The lowest BCUT2D eigenvalue weighted by molar-refractivity contribution is -0.284. The molecule has 7 heteroatoms. The first-order valence-corrected chi connectivity index (χ1v) is 9.25. The molecule has 27 heavy (non-hydrogen) atoms. The summed E-state index contributed by atoms with van der Waals surface area (Å²) in [6.07, 6.45) is 4.72. The fourth-order valence-corrected chi connectivity index (χ4v) is 6.13. The minimum absolute atomic E-state index is 0.136. The summed E-state index contributed by atoms with van der Waals surface area (Å²) in [5.74, 6) is -2.07. The van der Waals surface area contributed by atoms with Crippen LogP contribution < -0.4 is 0 Å². The Morgan fingerprint density at radius 2 is 2.00 bits per heavy atom. The zero-order chi connectivity index (χ0) is 19.2. The first kappa shape index (κ1) is 17.0. The third kappa shape index (κ3) is 1.84. The van der Waals surface area contributed by atoms with Crippen molar-refractivity contribution in [2.75, 3.05) is 0 Å². The molecule has 0 spiro atoms. The van der Waals surface area contributed by atoms with Crippen LogP contribution >= 0.6 is 0 Å². The van der Waals surface area contributed by atoms with E-state index in [1.165, 1.54) is 12.3 Å². The van der Waals surface area contributed by atoms with Gasteiger partial charge in [-0.2, -0.15) is 0 Å². The maximum Gasteiger partial charge on any atom is 0.343 e. The molecule has 2 aliphatic carbocycles. The summed E-state index contributed by atoms with van der Waals surface area (Å²) in [5, 5.41) is 22.1. The molecule has 2 saturated heterocycles. The van der Waals surface area contributed by atoms with E-state index in [9.17, 15) is 19.8 Å². The van der Waals surface area contributed by atoms with E-state index in [-0.39, 0.29) is 12.4 Å². The molecule has 1 saturated carbocycles. The molecule has 0 unspecified atom stereocenters. The fraction of sp³-hybridized carbons (Fsp3) is 0.600. The van der Waals surface area contributed by atoms with Crippen molar-refractivity contribution in [1.82, 2.24) is 0 Å². The molecule has 6 rings (SSSR count). The second-order valence-corrected chi connectivity index (χ2v) is 8.75. The van der Waals surface area contributed by atoms with E-state index in [0.29, 0.717) is 6.42 Å². The molecule has 5 aliphatic rings. The van der Waals surface area contributed by atoms with Gasteiger partial charge in [0.2, 0.25) is 0 Å². The van der Waals surface area contributed by atoms with Crippen molar-refractivity contribution in [2.45, 2.75) is 50.6 Å². The summed E-state index contributed by atoms with van der Waals surface area (Å²) in [6, 6.07) is 1.76. The van der Waals surface area contributed by atoms with Crippen molar-refractivity contribution in [2.24, 2.45) is 22.7 Å². The predicted molar refractivity (Wildman–Crippen MR) is 89.9 cm³/mol. The fourth-order valence-electron chi connectivity index (χ4n) is 6.13. The van der Waals surface area contributed by atoms with Crippen molar-refractivity contribution in [1.29, 1.82) is 0 Å². The molecule has 4 heterocycles. The number of carbonyl (C=O) groups is 2. The van der Waals surface area contributed by atoms with Gasteiger partial charge in [-0.3, -0.25) is 4.79 Å². The number of aliphatic hydroxyl groups is 2. The van der Waals surface area contributed by atoms with Crippen LogP contribution in [0.15, 0.2) is 35.2 Å². The van der Waals surface area contributed by atoms with Crippen LogP contribution in [0.25, 0.3) is 0 Å². The number of carbonyl (C=O) groups excluding carboxylic acids is 2. The molecule has 3 aliphatic heterocycles. The van der Waals surface area contributed by atoms with E-state index < -0.39 is 52.5 Å². The summed E-state index contributed by atoms with van der Waals surface area (Å²) in [7, 11) is 0. The van der Waals surface area contributed by atoms with Gasteiger partial charge < -0.3 is 24.1 Å². The predicted octanol–water partition coefficient (Wildman–Crippen LogP) is 1.50. The molecule has 0 aromatic carbocycles. The summed E-state index contributed by atoms with van der Waals surface area (Å²) >= 11 is 0. The molecule has 144 valence electrons. The Labute approximate surface area is 155 Å². The second kappa shape index (κ2) is 5.02. The number of fused-ring (bicyclic) bond motifs is 2. The molecule has 3 fully saturated rings. The van der Waals surface area contributed by atoms with Crippen LogP contribution in [-0.2, 0) is 19.1 Å². The summed E-state index contributed by atoms with van der Waals surface area (Å²) in [6.45, 7) is 3.71. The standard InChI is InChI=1S/C20H22O7/c1-18-8-13(10-4-6-25-9-10)26-16(22)11(18)7-14(21)19(2)15(18)12-3-5-20(19,24)17(23)27-12/h3-6,9,11-15,21,24H,7-8H2,1-2H3/t11-,12-,13+,14+,15+,18-,19-,20-/m1/s1. The SMILES string of the molecule is C[C@@]12C[C@@H](c3ccoc3)OC(=O)[C@H]1C[C@H](O)[C@]1(C)[C@H]2[C@H]2C=C[C@@]1(O)C(=O)O2. The monoisotopic (exact) mass is 374 g/mol. The average Bonchev–Trinajstić information content (AvgIpc) is 3.14. The maximum atomic E-state index is 12.9. The molecular formula is C20H22O7. The summed E-state index contributed by atoms with van der Waals surface area (Å²) in [5.41, 5.74) is -2.92. The first-order valence-electron chi connectivity index (χ1n) is 9.25. The lowest BCUT2D eigenvalue weighted by Gasteiger charge is -2.67. The quantitative estimate of drug-likeness (QED) is 0.567. The Kier molecular flexibility index (Phi) is 3.17. The zero-order valence-corrected chi connectivity index (χ0v) is 15.1. The molecular weight excluding hydrogens is 352 g/mol. The van der Waals surface area contributed by atoms with Gasteiger partial charge in [-0.15, -0.1) is 0 Å². The van der Waals surface area contributed by atoms with Crippen molar-refractivity contribution in [3.63, 3.8) is 0 Å². The van der Waals surface area contributed by atoms with Crippen LogP contribution in [0.2, 0.25) is 0 Å². The molecule has 2 N–H and O–H groups in total. The van der Waals surface area contributed by atoms with Crippen molar-refractivity contribution >= 4 is 11.9 Å². The Balaban J connectivity index is 1.64. The summed E-state index contributed by atoms with van der Waals surface area (Å²) < 4.78 is 16.3.